The van der Waals surface area contributed by atoms with Crippen molar-refractivity contribution in [3.8, 4) is 5.75 Å². The predicted molar refractivity (Wildman–Crippen MR) is 90.8 cm³/mol. The van der Waals surface area contributed by atoms with Gasteiger partial charge in [-0.25, -0.2) is 5.43 Å². The Hall–Kier alpha value is -2.93. The molecule has 0 saturated carbocycles. The van der Waals surface area contributed by atoms with Crippen molar-refractivity contribution in [3.05, 3.63) is 68.7 Å². The highest BCUT2D eigenvalue weighted by Gasteiger charge is 2.09. The molecule has 124 valence electrons. The van der Waals surface area contributed by atoms with Crippen molar-refractivity contribution in [2.45, 2.75) is 6.92 Å². The lowest BCUT2D eigenvalue weighted by molar-refractivity contribution is -0.384. The number of nitro benzene ring substituents is 1. The summed E-state index contributed by atoms with van der Waals surface area (Å²) in [6.45, 7) is 2.41. The van der Waals surface area contributed by atoms with Crippen molar-refractivity contribution in [1.82, 2.24) is 5.43 Å². The number of benzene rings is 2. The molecule has 0 spiro atoms. The van der Waals surface area contributed by atoms with Gasteiger partial charge in [-0.2, -0.15) is 5.10 Å². The van der Waals surface area contributed by atoms with Gasteiger partial charge < -0.3 is 4.74 Å². The zero-order chi connectivity index (χ0) is 17.5. The van der Waals surface area contributed by atoms with Crippen molar-refractivity contribution in [2.75, 3.05) is 6.61 Å². The molecule has 0 aromatic heterocycles. The van der Waals surface area contributed by atoms with Crippen molar-refractivity contribution in [2.24, 2.45) is 5.10 Å². The minimum Gasteiger partial charge on any atom is -0.494 e. The molecule has 7 nitrogen and oxygen atoms in total. The Morgan fingerprint density at radius 3 is 2.67 bits per heavy atom. The van der Waals surface area contributed by atoms with Crippen molar-refractivity contribution in [3.63, 3.8) is 0 Å². The molecule has 0 radical (unpaired) electrons. The van der Waals surface area contributed by atoms with Crippen LogP contribution in [0.2, 0.25) is 5.02 Å². The first-order valence-corrected chi connectivity index (χ1v) is 7.39. The van der Waals surface area contributed by atoms with E-state index in [9.17, 15) is 14.9 Å². The van der Waals surface area contributed by atoms with E-state index in [4.69, 9.17) is 16.3 Å². The molecular weight excluding hydrogens is 334 g/mol. The fraction of sp³-hybridized carbons (Fsp3) is 0.125. The van der Waals surface area contributed by atoms with Crippen LogP contribution >= 0.6 is 11.6 Å². The molecule has 0 unspecified atom stereocenters. The Morgan fingerprint density at radius 2 is 2.04 bits per heavy atom. The molecule has 0 aliphatic rings. The van der Waals surface area contributed by atoms with Gasteiger partial charge in [0.2, 0.25) is 0 Å². The summed E-state index contributed by atoms with van der Waals surface area (Å²) in [5.74, 6) is 0.247. The SMILES string of the molecule is CCOc1ccc(C(=O)N/N=C/c2cc([N+](=O)[O-])ccc2Cl)cc1. The summed E-state index contributed by atoms with van der Waals surface area (Å²) in [6, 6.07) is 10.5. The maximum atomic E-state index is 12.0. The predicted octanol–water partition coefficient (Wildman–Crippen LogP) is 3.41. The molecule has 2 aromatic rings. The average molecular weight is 348 g/mol. The summed E-state index contributed by atoms with van der Waals surface area (Å²) in [7, 11) is 0. The van der Waals surface area contributed by atoms with Gasteiger partial charge in [0, 0.05) is 28.3 Å². The summed E-state index contributed by atoms with van der Waals surface area (Å²) < 4.78 is 5.29. The summed E-state index contributed by atoms with van der Waals surface area (Å²) in [5.41, 5.74) is 2.96. The first kappa shape index (κ1) is 17.4. The number of halogens is 1. The molecule has 0 bridgehead atoms. The molecule has 2 aromatic carbocycles. The molecule has 24 heavy (non-hydrogen) atoms. The van der Waals surface area contributed by atoms with Gasteiger partial charge in [0.15, 0.2) is 0 Å². The Bertz CT molecular complexity index is 775. The lowest BCUT2D eigenvalue weighted by Gasteiger charge is -2.04. The fourth-order valence-corrected chi connectivity index (χ4v) is 2.00. The number of hydrazone groups is 1. The van der Waals surface area contributed by atoms with Crippen molar-refractivity contribution < 1.29 is 14.5 Å². The standard InChI is InChI=1S/C16H14ClN3O4/c1-2-24-14-6-3-11(4-7-14)16(21)19-18-10-12-9-13(20(22)23)5-8-15(12)17/h3-10H,2H2,1H3,(H,19,21)/b18-10+. The van der Waals surface area contributed by atoms with E-state index in [2.05, 4.69) is 10.5 Å². The summed E-state index contributed by atoms with van der Waals surface area (Å²) in [6.07, 6.45) is 1.25. The molecule has 1 N–H and O–H groups in total. The highest BCUT2D eigenvalue weighted by molar-refractivity contribution is 6.33. The van der Waals surface area contributed by atoms with E-state index in [1.165, 1.54) is 24.4 Å². The van der Waals surface area contributed by atoms with Gasteiger partial charge in [-0.3, -0.25) is 14.9 Å². The second-order valence-electron chi connectivity index (χ2n) is 4.62. The number of carbonyl (C=O) groups is 1. The highest BCUT2D eigenvalue weighted by Crippen LogP contribution is 2.20. The van der Waals surface area contributed by atoms with Crippen LogP contribution in [0.1, 0.15) is 22.8 Å². The molecule has 2 rings (SSSR count). The average Bonchev–Trinajstić information content (AvgIpc) is 2.57. The van der Waals surface area contributed by atoms with Crippen LogP contribution in [-0.4, -0.2) is 23.7 Å². The number of nitrogens with zero attached hydrogens (tertiary/aromatic N) is 2. The number of hydrogen-bond acceptors (Lipinski definition) is 5. The largest absolute Gasteiger partial charge is 0.494 e. The maximum Gasteiger partial charge on any atom is 0.271 e. The van der Waals surface area contributed by atoms with Crippen LogP contribution in [0, 0.1) is 10.1 Å². The third kappa shape index (κ3) is 4.53. The molecule has 0 atom stereocenters. The van der Waals surface area contributed by atoms with Crippen LogP contribution in [-0.2, 0) is 0 Å². The van der Waals surface area contributed by atoms with E-state index < -0.39 is 10.8 Å². The lowest BCUT2D eigenvalue weighted by atomic mass is 10.2. The number of carbonyl (C=O) groups excluding carboxylic acids is 1. The van der Waals surface area contributed by atoms with Crippen LogP contribution in [0.3, 0.4) is 0 Å². The number of hydrogen-bond donors (Lipinski definition) is 1. The van der Waals surface area contributed by atoms with Gasteiger partial charge in [-0.1, -0.05) is 11.6 Å². The number of ether oxygens (including phenoxy) is 1. The normalized spacial score (nSPS) is 10.6. The molecule has 0 aliphatic carbocycles. The monoisotopic (exact) mass is 347 g/mol. The van der Waals surface area contributed by atoms with E-state index in [1.807, 2.05) is 6.92 Å². The van der Waals surface area contributed by atoms with E-state index >= 15 is 0 Å². The van der Waals surface area contributed by atoms with E-state index in [0.717, 1.165) is 0 Å². The van der Waals surface area contributed by atoms with E-state index in [1.54, 1.807) is 24.3 Å². The lowest BCUT2D eigenvalue weighted by Crippen LogP contribution is -2.17. The molecule has 1 amide bonds. The smallest absolute Gasteiger partial charge is 0.271 e. The summed E-state index contributed by atoms with van der Waals surface area (Å²) in [4.78, 5) is 22.2. The Balaban J connectivity index is 2.04. The third-order valence-corrected chi connectivity index (χ3v) is 3.33. The Labute approximate surface area is 143 Å². The van der Waals surface area contributed by atoms with Gasteiger partial charge >= 0.3 is 0 Å². The highest BCUT2D eigenvalue weighted by atomic mass is 35.5. The van der Waals surface area contributed by atoms with Gasteiger partial charge in [0.05, 0.1) is 17.7 Å². The number of amides is 1. The topological polar surface area (TPSA) is 93.8 Å². The van der Waals surface area contributed by atoms with Crippen LogP contribution in [0.5, 0.6) is 5.75 Å². The molecule has 8 heteroatoms. The Morgan fingerprint density at radius 1 is 1.33 bits per heavy atom. The van der Waals surface area contributed by atoms with Gasteiger partial charge in [-0.15, -0.1) is 0 Å². The zero-order valence-corrected chi connectivity index (χ0v) is 13.5. The van der Waals surface area contributed by atoms with Crippen LogP contribution in [0.4, 0.5) is 5.69 Å². The fourth-order valence-electron chi connectivity index (χ4n) is 1.84. The molecule has 0 aliphatic heterocycles. The first-order chi connectivity index (χ1) is 11.5. The first-order valence-electron chi connectivity index (χ1n) is 7.01. The van der Waals surface area contributed by atoms with E-state index in [-0.39, 0.29) is 5.69 Å². The van der Waals surface area contributed by atoms with Crippen LogP contribution in [0.15, 0.2) is 47.6 Å². The van der Waals surface area contributed by atoms with Crippen LogP contribution in [0.25, 0.3) is 0 Å². The third-order valence-electron chi connectivity index (χ3n) is 2.99. The minimum absolute atomic E-state index is 0.112. The zero-order valence-electron chi connectivity index (χ0n) is 12.7. The maximum absolute atomic E-state index is 12.0. The molecular formula is C16H14ClN3O4. The number of nitrogens with one attached hydrogen (secondary N) is 1. The number of non-ortho nitro benzene ring substituents is 1. The Kier molecular flexibility index (Phi) is 5.86. The van der Waals surface area contributed by atoms with Gasteiger partial charge in [-0.05, 0) is 37.3 Å². The van der Waals surface area contributed by atoms with Gasteiger partial charge in [0.1, 0.15) is 5.75 Å². The number of nitro groups is 1. The van der Waals surface area contributed by atoms with Crippen molar-refractivity contribution in [1.29, 1.82) is 0 Å². The number of rotatable bonds is 6. The minimum atomic E-state index is -0.536. The summed E-state index contributed by atoms with van der Waals surface area (Å²) >= 11 is 5.94. The quantitative estimate of drug-likeness (QED) is 0.492. The molecule has 0 saturated heterocycles. The molecule has 0 heterocycles. The summed E-state index contributed by atoms with van der Waals surface area (Å²) in [5, 5.41) is 14.8. The van der Waals surface area contributed by atoms with Crippen LogP contribution < -0.4 is 10.2 Å². The molecule has 0 fully saturated rings. The second-order valence-corrected chi connectivity index (χ2v) is 5.03. The van der Waals surface area contributed by atoms with E-state index in [0.29, 0.717) is 28.5 Å². The van der Waals surface area contributed by atoms with Gasteiger partial charge in [0.25, 0.3) is 11.6 Å². The second kappa shape index (κ2) is 8.07. The van der Waals surface area contributed by atoms with Crippen molar-refractivity contribution >= 4 is 29.4 Å².